The Morgan fingerprint density at radius 2 is 2.00 bits per heavy atom. The summed E-state index contributed by atoms with van der Waals surface area (Å²) in [4.78, 5) is 0.192. The van der Waals surface area contributed by atoms with Gasteiger partial charge in [-0.1, -0.05) is 47.5 Å². The number of aryl methyl sites for hydroxylation is 1. The van der Waals surface area contributed by atoms with Crippen molar-refractivity contribution in [2.24, 2.45) is 16.7 Å². The van der Waals surface area contributed by atoms with Crippen molar-refractivity contribution >= 4 is 26.0 Å². The molecule has 2 rings (SSSR count). The average Bonchev–Trinajstić information content (AvgIpc) is 2.53. The van der Waals surface area contributed by atoms with Gasteiger partial charge in [0.15, 0.2) is 0 Å². The molecule has 4 nitrogen and oxygen atoms in total. The van der Waals surface area contributed by atoms with Gasteiger partial charge >= 0.3 is 0 Å². The summed E-state index contributed by atoms with van der Waals surface area (Å²) < 4.78 is 29.8. The van der Waals surface area contributed by atoms with Crippen LogP contribution in [0.1, 0.15) is 38.7 Å². The third-order valence-electron chi connectivity index (χ3n) is 5.57. The predicted molar refractivity (Wildman–Crippen MR) is 98.8 cm³/mol. The molecule has 0 bridgehead atoms. The van der Waals surface area contributed by atoms with Crippen molar-refractivity contribution in [3.05, 3.63) is 29.8 Å². The van der Waals surface area contributed by atoms with Crippen LogP contribution in [-0.4, -0.2) is 32.1 Å². The minimum absolute atomic E-state index is 0.0711. The molecule has 3 atom stereocenters. The molecular weight excluding hydrogens is 392 g/mol. The van der Waals surface area contributed by atoms with Crippen molar-refractivity contribution < 1.29 is 17.7 Å². The highest BCUT2D eigenvalue weighted by atomic mass is 79.9. The molecule has 0 heterocycles. The fraction of sp³-hybridized carbons (Fsp3) is 0.667. The molecule has 0 amide bonds. The molecule has 1 aromatic carbocycles. The first-order valence-electron chi connectivity index (χ1n) is 8.30. The van der Waals surface area contributed by atoms with Gasteiger partial charge in [-0.3, -0.25) is 4.18 Å². The van der Waals surface area contributed by atoms with Crippen LogP contribution in [0.3, 0.4) is 0 Å². The van der Waals surface area contributed by atoms with Gasteiger partial charge < -0.3 is 5.11 Å². The number of aliphatic hydroxyl groups is 1. The zero-order chi connectivity index (χ0) is 18.0. The Kier molecular flexibility index (Phi) is 6.17. The topological polar surface area (TPSA) is 63.6 Å². The van der Waals surface area contributed by atoms with E-state index in [2.05, 4.69) is 29.8 Å². The molecule has 3 unspecified atom stereocenters. The molecule has 0 saturated heterocycles. The van der Waals surface area contributed by atoms with Crippen LogP contribution in [0.4, 0.5) is 0 Å². The summed E-state index contributed by atoms with van der Waals surface area (Å²) in [7, 11) is -3.72. The Morgan fingerprint density at radius 3 is 2.46 bits per heavy atom. The third-order valence-corrected chi connectivity index (χ3v) is 8.18. The SMILES string of the molecule is Cc1ccc(S(=O)(=O)OCCC(C)(CBr)C2CCC2(C)CO)cc1. The van der Waals surface area contributed by atoms with Gasteiger partial charge in [-0.25, -0.2) is 0 Å². The van der Waals surface area contributed by atoms with E-state index in [9.17, 15) is 13.5 Å². The first-order chi connectivity index (χ1) is 11.2. The maximum absolute atomic E-state index is 12.3. The van der Waals surface area contributed by atoms with Crippen molar-refractivity contribution in [3.8, 4) is 0 Å². The van der Waals surface area contributed by atoms with E-state index in [4.69, 9.17) is 4.18 Å². The summed E-state index contributed by atoms with van der Waals surface area (Å²) in [5.74, 6) is 0.361. The second-order valence-electron chi connectivity index (χ2n) is 7.53. The van der Waals surface area contributed by atoms with Gasteiger partial charge in [0.2, 0.25) is 0 Å². The second-order valence-corrected chi connectivity index (χ2v) is 9.71. The smallest absolute Gasteiger partial charge is 0.296 e. The highest BCUT2D eigenvalue weighted by molar-refractivity contribution is 9.09. The zero-order valence-electron chi connectivity index (χ0n) is 14.6. The molecule has 6 heteroatoms. The van der Waals surface area contributed by atoms with Gasteiger partial charge in [0.25, 0.3) is 10.1 Å². The van der Waals surface area contributed by atoms with Gasteiger partial charge in [-0.05, 0) is 55.1 Å². The molecule has 1 N–H and O–H groups in total. The number of rotatable bonds is 8. The van der Waals surface area contributed by atoms with Crippen molar-refractivity contribution in [3.63, 3.8) is 0 Å². The van der Waals surface area contributed by atoms with Crippen LogP contribution in [0.5, 0.6) is 0 Å². The molecule has 1 aliphatic rings. The van der Waals surface area contributed by atoms with Crippen molar-refractivity contribution in [1.82, 2.24) is 0 Å². The van der Waals surface area contributed by atoms with Crippen LogP contribution >= 0.6 is 15.9 Å². The maximum Gasteiger partial charge on any atom is 0.296 e. The number of hydrogen-bond donors (Lipinski definition) is 1. The molecule has 0 aliphatic heterocycles. The standard InChI is InChI=1S/C18H27BrO4S/c1-14-4-6-15(7-5-14)24(21,22)23-11-10-17(2,12-19)16-8-9-18(16,3)13-20/h4-7,16,20H,8-13H2,1-3H3. The zero-order valence-corrected chi connectivity index (χ0v) is 17.0. The largest absolute Gasteiger partial charge is 0.396 e. The highest BCUT2D eigenvalue weighted by Gasteiger charge is 2.51. The normalized spacial score (nSPS) is 26.6. The molecule has 1 saturated carbocycles. The van der Waals surface area contributed by atoms with Gasteiger partial charge in [-0.15, -0.1) is 0 Å². The molecule has 1 aromatic rings. The van der Waals surface area contributed by atoms with E-state index in [1.807, 2.05) is 6.92 Å². The third kappa shape index (κ3) is 4.03. The summed E-state index contributed by atoms with van der Waals surface area (Å²) in [5.41, 5.74) is 0.839. The van der Waals surface area contributed by atoms with Crippen LogP contribution < -0.4 is 0 Å². The Hall–Kier alpha value is -0.430. The molecule has 1 aliphatic carbocycles. The Labute approximate surface area is 153 Å². The Morgan fingerprint density at radius 1 is 1.38 bits per heavy atom. The van der Waals surface area contributed by atoms with Gasteiger partial charge in [0.1, 0.15) is 0 Å². The number of hydrogen-bond acceptors (Lipinski definition) is 4. The minimum atomic E-state index is -3.72. The number of halogens is 1. The van der Waals surface area contributed by atoms with E-state index in [-0.39, 0.29) is 28.9 Å². The quantitative estimate of drug-likeness (QED) is 0.513. The second kappa shape index (κ2) is 7.44. The van der Waals surface area contributed by atoms with Crippen LogP contribution in [0, 0.1) is 23.7 Å². The van der Waals surface area contributed by atoms with Gasteiger partial charge in [-0.2, -0.15) is 8.42 Å². The monoisotopic (exact) mass is 418 g/mol. The Bertz CT molecular complexity index is 654. The highest BCUT2D eigenvalue weighted by Crippen LogP contribution is 2.56. The van der Waals surface area contributed by atoms with Crippen LogP contribution in [-0.2, 0) is 14.3 Å². The number of aliphatic hydroxyl groups excluding tert-OH is 1. The van der Waals surface area contributed by atoms with Crippen LogP contribution in [0.2, 0.25) is 0 Å². The lowest BCUT2D eigenvalue weighted by atomic mass is 9.52. The van der Waals surface area contributed by atoms with Crippen LogP contribution in [0.15, 0.2) is 29.2 Å². The predicted octanol–water partition coefficient (Wildman–Crippen LogP) is 3.90. The molecule has 24 heavy (non-hydrogen) atoms. The average molecular weight is 419 g/mol. The summed E-state index contributed by atoms with van der Waals surface area (Å²) >= 11 is 3.58. The fourth-order valence-corrected chi connectivity index (χ4v) is 5.23. The van der Waals surface area contributed by atoms with Gasteiger partial charge in [0.05, 0.1) is 11.5 Å². The Balaban J connectivity index is 2.00. The van der Waals surface area contributed by atoms with Crippen molar-refractivity contribution in [2.45, 2.75) is 44.9 Å². The maximum atomic E-state index is 12.3. The lowest BCUT2D eigenvalue weighted by molar-refractivity contribution is -0.0785. The lowest BCUT2D eigenvalue weighted by Gasteiger charge is -2.54. The van der Waals surface area contributed by atoms with E-state index in [1.54, 1.807) is 24.3 Å². The minimum Gasteiger partial charge on any atom is -0.396 e. The fourth-order valence-electron chi connectivity index (χ4n) is 3.65. The van der Waals surface area contributed by atoms with E-state index >= 15 is 0 Å². The molecule has 0 radical (unpaired) electrons. The summed E-state index contributed by atoms with van der Waals surface area (Å²) in [5, 5.41) is 10.4. The van der Waals surface area contributed by atoms with Crippen LogP contribution in [0.25, 0.3) is 0 Å². The molecular formula is C18H27BrO4S. The summed E-state index contributed by atoms with van der Waals surface area (Å²) in [6.45, 7) is 6.47. The first-order valence-corrected chi connectivity index (χ1v) is 10.8. The summed E-state index contributed by atoms with van der Waals surface area (Å²) in [6.07, 6.45) is 2.70. The van der Waals surface area contributed by atoms with E-state index in [0.29, 0.717) is 12.3 Å². The summed E-state index contributed by atoms with van der Waals surface area (Å²) in [6, 6.07) is 6.67. The van der Waals surface area contributed by atoms with E-state index < -0.39 is 10.1 Å². The number of benzene rings is 1. The lowest BCUT2D eigenvalue weighted by Crippen LogP contribution is -2.50. The number of alkyl halides is 1. The molecule has 136 valence electrons. The molecule has 1 fully saturated rings. The van der Waals surface area contributed by atoms with E-state index in [0.717, 1.165) is 23.7 Å². The van der Waals surface area contributed by atoms with Gasteiger partial charge in [0, 0.05) is 11.9 Å². The molecule has 0 aromatic heterocycles. The van der Waals surface area contributed by atoms with Crippen molar-refractivity contribution in [2.75, 3.05) is 18.5 Å². The van der Waals surface area contributed by atoms with Crippen molar-refractivity contribution in [1.29, 1.82) is 0 Å². The van der Waals surface area contributed by atoms with E-state index in [1.165, 1.54) is 0 Å². The molecule has 0 spiro atoms. The first kappa shape index (κ1) is 19.9.